The van der Waals surface area contributed by atoms with Crippen LogP contribution in [-0.4, -0.2) is 11.1 Å². The summed E-state index contributed by atoms with van der Waals surface area (Å²) in [7, 11) is 0. The molecule has 0 bridgehead atoms. The van der Waals surface area contributed by atoms with E-state index in [0.29, 0.717) is 16.5 Å². The molecule has 24 heavy (non-hydrogen) atoms. The number of carboxylic acids is 1. The number of carboxylic acid groups (broad SMARTS) is 1. The Bertz CT molecular complexity index is 715. The number of rotatable bonds is 5. The van der Waals surface area contributed by atoms with E-state index in [1.165, 1.54) is 0 Å². The maximum Gasteiger partial charge on any atom is 0.303 e. The molecule has 0 heterocycles. The number of hydrogen-bond acceptors (Lipinski definition) is 1. The van der Waals surface area contributed by atoms with E-state index < -0.39 is 5.97 Å². The fourth-order valence-corrected chi connectivity index (χ4v) is 3.25. The van der Waals surface area contributed by atoms with Crippen molar-refractivity contribution in [3.63, 3.8) is 0 Å². The summed E-state index contributed by atoms with van der Waals surface area (Å²) < 4.78 is 0. The molecule has 0 saturated carbocycles. The highest BCUT2D eigenvalue weighted by Gasteiger charge is 2.26. The van der Waals surface area contributed by atoms with E-state index in [2.05, 4.69) is 45.0 Å². The van der Waals surface area contributed by atoms with Crippen LogP contribution in [0.2, 0.25) is 10.0 Å². The molecule has 128 valence electrons. The van der Waals surface area contributed by atoms with Gasteiger partial charge in [-0.1, -0.05) is 74.3 Å². The van der Waals surface area contributed by atoms with Crippen LogP contribution in [0.25, 0.3) is 11.1 Å². The number of hydrogen-bond donors (Lipinski definition) is 1. The van der Waals surface area contributed by atoms with Crippen LogP contribution in [0.4, 0.5) is 0 Å². The minimum atomic E-state index is -0.753. The molecule has 0 aromatic heterocycles. The van der Waals surface area contributed by atoms with Gasteiger partial charge in [0.15, 0.2) is 0 Å². The van der Waals surface area contributed by atoms with Gasteiger partial charge in [-0.05, 0) is 46.6 Å². The molecule has 2 rings (SSSR count). The molecule has 0 saturated heterocycles. The van der Waals surface area contributed by atoms with Crippen molar-refractivity contribution in [2.45, 2.75) is 39.5 Å². The first-order chi connectivity index (χ1) is 11.2. The largest absolute Gasteiger partial charge is 0.481 e. The van der Waals surface area contributed by atoms with Crippen molar-refractivity contribution in [2.75, 3.05) is 0 Å². The Morgan fingerprint density at radius 1 is 1.00 bits per heavy atom. The summed E-state index contributed by atoms with van der Waals surface area (Å²) in [5, 5.41) is 10.1. The Morgan fingerprint density at radius 2 is 1.58 bits per heavy atom. The van der Waals surface area contributed by atoms with Gasteiger partial charge < -0.3 is 5.11 Å². The van der Waals surface area contributed by atoms with Gasteiger partial charge in [0.2, 0.25) is 0 Å². The van der Waals surface area contributed by atoms with Gasteiger partial charge >= 0.3 is 5.97 Å². The van der Waals surface area contributed by atoms with Gasteiger partial charge in [-0.15, -0.1) is 0 Å². The molecule has 0 spiro atoms. The first-order valence-electron chi connectivity index (χ1n) is 7.95. The average Bonchev–Trinajstić information content (AvgIpc) is 2.49. The lowest BCUT2D eigenvalue weighted by Crippen LogP contribution is -2.19. The van der Waals surface area contributed by atoms with Crippen molar-refractivity contribution in [2.24, 2.45) is 5.41 Å². The van der Waals surface area contributed by atoms with Gasteiger partial charge in [-0.25, -0.2) is 0 Å². The topological polar surface area (TPSA) is 37.3 Å². The Hall–Kier alpha value is -1.51. The van der Waals surface area contributed by atoms with Crippen molar-refractivity contribution in [3.05, 3.63) is 58.1 Å². The van der Waals surface area contributed by atoms with Crippen molar-refractivity contribution < 1.29 is 9.90 Å². The van der Waals surface area contributed by atoms with Crippen molar-refractivity contribution >= 4 is 29.2 Å². The number of aliphatic carboxylic acids is 1. The Kier molecular flexibility index (Phi) is 5.95. The second kappa shape index (κ2) is 7.58. The molecule has 0 aliphatic rings. The maximum absolute atomic E-state index is 10.9. The highest BCUT2D eigenvalue weighted by Crippen LogP contribution is 2.39. The molecule has 0 amide bonds. The summed E-state index contributed by atoms with van der Waals surface area (Å²) >= 11 is 12.1. The molecule has 2 aromatic rings. The lowest BCUT2D eigenvalue weighted by Gasteiger charge is -2.31. The van der Waals surface area contributed by atoms with E-state index in [-0.39, 0.29) is 17.8 Å². The highest BCUT2D eigenvalue weighted by atomic mass is 35.5. The molecule has 0 unspecified atom stereocenters. The fourth-order valence-electron chi connectivity index (χ4n) is 2.95. The summed E-state index contributed by atoms with van der Waals surface area (Å²) in [6.07, 6.45) is 0.807. The van der Waals surface area contributed by atoms with E-state index >= 15 is 0 Å². The van der Waals surface area contributed by atoms with Crippen LogP contribution >= 0.6 is 23.2 Å². The lowest BCUT2D eigenvalue weighted by molar-refractivity contribution is -0.137. The Morgan fingerprint density at radius 3 is 2.08 bits per heavy atom. The van der Waals surface area contributed by atoms with Crippen LogP contribution in [0.3, 0.4) is 0 Å². The number of benzene rings is 2. The molecule has 4 heteroatoms. The molecular formula is C20H22Cl2O2. The molecule has 2 nitrogen and oxygen atoms in total. The molecule has 0 aliphatic heterocycles. The molecule has 0 fully saturated rings. The maximum atomic E-state index is 10.9. The van der Waals surface area contributed by atoms with Crippen molar-refractivity contribution in [1.29, 1.82) is 0 Å². The summed E-state index contributed by atoms with van der Waals surface area (Å²) in [5.74, 6) is -0.562. The normalized spacial score (nSPS) is 12.9. The van der Waals surface area contributed by atoms with E-state index in [4.69, 9.17) is 28.3 Å². The predicted molar refractivity (Wildman–Crippen MR) is 101 cm³/mol. The minimum absolute atomic E-state index is 0.000543. The van der Waals surface area contributed by atoms with Crippen LogP contribution in [-0.2, 0) is 4.79 Å². The minimum Gasteiger partial charge on any atom is -0.481 e. The molecule has 2 aromatic carbocycles. The SMILES string of the molecule is CC(C)(C)[C@@H](CCC(=O)O)c1ccc(-c2ccc(Cl)c(Cl)c2)cc1. The zero-order chi connectivity index (χ0) is 17.9. The van der Waals surface area contributed by atoms with Gasteiger partial charge in [-0.2, -0.15) is 0 Å². The van der Waals surface area contributed by atoms with E-state index in [9.17, 15) is 4.79 Å². The van der Waals surface area contributed by atoms with Crippen LogP contribution in [0.5, 0.6) is 0 Å². The first kappa shape index (κ1) is 18.8. The quantitative estimate of drug-likeness (QED) is 0.644. The van der Waals surface area contributed by atoms with E-state index in [1.54, 1.807) is 6.07 Å². The Labute approximate surface area is 153 Å². The van der Waals surface area contributed by atoms with Crippen LogP contribution in [0.15, 0.2) is 42.5 Å². The van der Waals surface area contributed by atoms with Crippen LogP contribution in [0.1, 0.15) is 45.1 Å². The van der Waals surface area contributed by atoms with Crippen molar-refractivity contribution in [1.82, 2.24) is 0 Å². The molecule has 1 atom stereocenters. The smallest absolute Gasteiger partial charge is 0.303 e. The third-order valence-electron chi connectivity index (χ3n) is 4.26. The second-order valence-corrected chi connectivity index (χ2v) is 7.92. The van der Waals surface area contributed by atoms with Crippen molar-refractivity contribution in [3.8, 4) is 11.1 Å². The second-order valence-electron chi connectivity index (χ2n) is 7.10. The average molecular weight is 365 g/mol. The third kappa shape index (κ3) is 4.75. The summed E-state index contributed by atoms with van der Waals surface area (Å²) in [6.45, 7) is 6.44. The molecule has 1 N–H and O–H groups in total. The summed E-state index contributed by atoms with van der Waals surface area (Å²) in [5.41, 5.74) is 3.23. The summed E-state index contributed by atoms with van der Waals surface area (Å²) in [6, 6.07) is 13.8. The first-order valence-corrected chi connectivity index (χ1v) is 8.71. The molecule has 0 radical (unpaired) electrons. The van der Waals surface area contributed by atoms with Crippen LogP contribution in [0, 0.1) is 5.41 Å². The molecule has 0 aliphatic carbocycles. The summed E-state index contributed by atoms with van der Waals surface area (Å²) in [4.78, 5) is 10.9. The standard InChI is InChI=1S/C20H22Cl2O2/c1-20(2,3)16(9-11-19(23)24)14-6-4-13(5-7-14)15-8-10-17(21)18(22)12-15/h4-8,10,12,16H,9,11H2,1-3H3,(H,23,24)/t16-/m0/s1. The lowest BCUT2D eigenvalue weighted by atomic mass is 9.74. The van der Waals surface area contributed by atoms with Gasteiger partial charge in [-0.3, -0.25) is 4.79 Å². The fraction of sp³-hybridized carbons (Fsp3) is 0.350. The van der Waals surface area contributed by atoms with E-state index in [1.807, 2.05) is 12.1 Å². The zero-order valence-corrected chi connectivity index (χ0v) is 15.7. The van der Waals surface area contributed by atoms with Gasteiger partial charge in [0.1, 0.15) is 0 Å². The number of carbonyl (C=O) groups is 1. The van der Waals surface area contributed by atoms with E-state index in [0.717, 1.165) is 16.7 Å². The predicted octanol–water partition coefficient (Wildman–Crippen LogP) is 6.65. The van der Waals surface area contributed by atoms with Gasteiger partial charge in [0.05, 0.1) is 10.0 Å². The highest BCUT2D eigenvalue weighted by molar-refractivity contribution is 6.42. The van der Waals surface area contributed by atoms with Crippen LogP contribution < -0.4 is 0 Å². The number of halogens is 2. The molecular weight excluding hydrogens is 343 g/mol. The van der Waals surface area contributed by atoms with Gasteiger partial charge in [0, 0.05) is 6.42 Å². The monoisotopic (exact) mass is 364 g/mol. The Balaban J connectivity index is 2.28. The zero-order valence-electron chi connectivity index (χ0n) is 14.1. The third-order valence-corrected chi connectivity index (χ3v) is 5.00. The van der Waals surface area contributed by atoms with Gasteiger partial charge in [0.25, 0.3) is 0 Å².